The molecule has 1 heterocycles. The lowest BCUT2D eigenvalue weighted by Gasteiger charge is -2.36. The lowest BCUT2D eigenvalue weighted by molar-refractivity contribution is -0.139. The van der Waals surface area contributed by atoms with Crippen LogP contribution in [0.1, 0.15) is 24.8 Å². The maximum Gasteiger partial charge on any atom is 0.322 e. The van der Waals surface area contributed by atoms with E-state index >= 15 is 0 Å². The first-order valence-electron chi connectivity index (χ1n) is 9.82. The van der Waals surface area contributed by atoms with Crippen molar-refractivity contribution in [3.8, 4) is 11.1 Å². The number of carboxylic acid groups (broad SMARTS) is 1. The van der Waals surface area contributed by atoms with Crippen LogP contribution >= 0.6 is 0 Å². The molecule has 7 heteroatoms. The van der Waals surface area contributed by atoms with Crippen molar-refractivity contribution in [1.82, 2.24) is 10.2 Å². The van der Waals surface area contributed by atoms with Crippen LogP contribution in [0.25, 0.3) is 11.1 Å². The van der Waals surface area contributed by atoms with Crippen molar-refractivity contribution in [2.75, 3.05) is 13.1 Å². The van der Waals surface area contributed by atoms with Crippen molar-refractivity contribution in [2.24, 2.45) is 0 Å². The SMILES string of the molecule is O=C(O)CNC(=O)C1=C(O)CCN(C2(c3ccc(-c4ccccc4)cc3)CC2)C1=O. The highest BCUT2D eigenvalue weighted by Crippen LogP contribution is 2.52. The second-order valence-corrected chi connectivity index (χ2v) is 7.58. The molecule has 4 rings (SSSR count). The summed E-state index contributed by atoms with van der Waals surface area (Å²) in [4.78, 5) is 37.7. The number of hydrogen-bond donors (Lipinski definition) is 3. The summed E-state index contributed by atoms with van der Waals surface area (Å²) >= 11 is 0. The van der Waals surface area contributed by atoms with Gasteiger partial charge >= 0.3 is 5.97 Å². The molecule has 0 atom stereocenters. The Kier molecular flexibility index (Phi) is 5.03. The van der Waals surface area contributed by atoms with Crippen LogP contribution in [-0.2, 0) is 19.9 Å². The highest BCUT2D eigenvalue weighted by atomic mass is 16.4. The first-order chi connectivity index (χ1) is 14.4. The van der Waals surface area contributed by atoms with Crippen LogP contribution in [0.2, 0.25) is 0 Å². The summed E-state index contributed by atoms with van der Waals surface area (Å²) in [5, 5.41) is 21.1. The number of nitrogens with zero attached hydrogens (tertiary/aromatic N) is 1. The van der Waals surface area contributed by atoms with Gasteiger partial charge in [0, 0.05) is 13.0 Å². The highest BCUT2D eigenvalue weighted by Gasteiger charge is 2.53. The van der Waals surface area contributed by atoms with E-state index in [1.54, 1.807) is 4.90 Å². The first-order valence-corrected chi connectivity index (χ1v) is 9.82. The Hall–Kier alpha value is -3.61. The van der Waals surface area contributed by atoms with Crippen molar-refractivity contribution in [1.29, 1.82) is 0 Å². The van der Waals surface area contributed by atoms with Crippen molar-refractivity contribution >= 4 is 17.8 Å². The predicted octanol–water partition coefficient (Wildman–Crippen LogP) is 2.59. The fourth-order valence-electron chi connectivity index (χ4n) is 4.02. The van der Waals surface area contributed by atoms with Crippen LogP contribution in [0, 0.1) is 0 Å². The van der Waals surface area contributed by atoms with Gasteiger partial charge in [-0.3, -0.25) is 14.4 Å². The van der Waals surface area contributed by atoms with Crippen molar-refractivity contribution in [2.45, 2.75) is 24.8 Å². The smallest absolute Gasteiger partial charge is 0.322 e. The maximum absolute atomic E-state index is 13.1. The van der Waals surface area contributed by atoms with Crippen LogP contribution < -0.4 is 5.32 Å². The molecule has 1 saturated carbocycles. The molecule has 0 radical (unpaired) electrons. The van der Waals surface area contributed by atoms with Crippen LogP contribution in [0.3, 0.4) is 0 Å². The third-order valence-electron chi connectivity index (χ3n) is 5.72. The number of rotatable bonds is 6. The van der Waals surface area contributed by atoms with Gasteiger partial charge in [0.2, 0.25) is 0 Å². The zero-order valence-corrected chi connectivity index (χ0v) is 16.3. The average Bonchev–Trinajstić information content (AvgIpc) is 3.55. The summed E-state index contributed by atoms with van der Waals surface area (Å²) in [7, 11) is 0. The summed E-state index contributed by atoms with van der Waals surface area (Å²) in [6.07, 6.45) is 1.70. The molecule has 0 saturated heterocycles. The van der Waals surface area contributed by atoms with Crippen LogP contribution in [0.5, 0.6) is 0 Å². The molecule has 0 aromatic heterocycles. The molecule has 2 aliphatic rings. The summed E-state index contributed by atoms with van der Waals surface area (Å²) in [6.45, 7) is -0.310. The monoisotopic (exact) mass is 406 g/mol. The average molecular weight is 406 g/mol. The number of benzene rings is 2. The Labute approximate surface area is 173 Å². The molecule has 0 bridgehead atoms. The summed E-state index contributed by atoms with van der Waals surface area (Å²) in [6, 6.07) is 18.0. The number of aliphatic carboxylic acids is 1. The second kappa shape index (κ2) is 7.67. The normalized spacial score (nSPS) is 17.6. The second-order valence-electron chi connectivity index (χ2n) is 7.58. The van der Waals surface area contributed by atoms with E-state index in [9.17, 15) is 19.5 Å². The highest BCUT2D eigenvalue weighted by molar-refractivity contribution is 6.19. The number of carboxylic acids is 1. The Bertz CT molecular complexity index is 1020. The zero-order valence-electron chi connectivity index (χ0n) is 16.3. The van der Waals surface area contributed by atoms with Gasteiger partial charge in [-0.1, -0.05) is 54.6 Å². The molecule has 1 aliphatic carbocycles. The van der Waals surface area contributed by atoms with E-state index in [4.69, 9.17) is 5.11 Å². The number of aliphatic hydroxyl groups is 1. The molecule has 154 valence electrons. The zero-order chi connectivity index (χ0) is 21.3. The molecule has 2 amide bonds. The largest absolute Gasteiger partial charge is 0.511 e. The molecule has 0 spiro atoms. The van der Waals surface area contributed by atoms with Crippen molar-refractivity contribution < 1.29 is 24.6 Å². The van der Waals surface area contributed by atoms with Gasteiger partial charge in [-0.15, -0.1) is 0 Å². The molecule has 3 N–H and O–H groups in total. The Morgan fingerprint density at radius 1 is 1.00 bits per heavy atom. The number of hydrogen-bond acceptors (Lipinski definition) is 4. The van der Waals surface area contributed by atoms with E-state index in [0.29, 0.717) is 6.54 Å². The predicted molar refractivity (Wildman–Crippen MR) is 109 cm³/mol. The number of amides is 2. The van der Waals surface area contributed by atoms with Crippen LogP contribution in [0.15, 0.2) is 65.9 Å². The number of nitrogens with one attached hydrogen (secondary N) is 1. The van der Waals surface area contributed by atoms with Crippen LogP contribution in [0.4, 0.5) is 0 Å². The van der Waals surface area contributed by atoms with Crippen molar-refractivity contribution in [3.63, 3.8) is 0 Å². The van der Waals surface area contributed by atoms with E-state index < -0.39 is 29.9 Å². The molecule has 30 heavy (non-hydrogen) atoms. The van der Waals surface area contributed by atoms with E-state index in [1.165, 1.54) is 0 Å². The van der Waals surface area contributed by atoms with Gasteiger partial charge in [-0.05, 0) is 29.5 Å². The molecular formula is C23H22N2O5. The fraction of sp³-hybridized carbons (Fsp3) is 0.261. The summed E-state index contributed by atoms with van der Waals surface area (Å²) in [5.41, 5.74) is 2.31. The summed E-state index contributed by atoms with van der Waals surface area (Å²) in [5.74, 6) is -2.94. The van der Waals surface area contributed by atoms with E-state index in [-0.39, 0.29) is 17.8 Å². The Morgan fingerprint density at radius 2 is 1.63 bits per heavy atom. The minimum atomic E-state index is -1.22. The maximum atomic E-state index is 13.1. The van der Waals surface area contributed by atoms with Gasteiger partial charge in [-0.25, -0.2) is 0 Å². The molecule has 1 aliphatic heterocycles. The van der Waals surface area contributed by atoms with Gasteiger partial charge in [0.25, 0.3) is 11.8 Å². The van der Waals surface area contributed by atoms with E-state index in [2.05, 4.69) is 5.32 Å². The van der Waals surface area contributed by atoms with Gasteiger partial charge < -0.3 is 20.4 Å². The number of carbonyl (C=O) groups is 3. The molecule has 2 aromatic rings. The Morgan fingerprint density at radius 3 is 2.23 bits per heavy atom. The number of carbonyl (C=O) groups excluding carboxylic acids is 2. The van der Waals surface area contributed by atoms with E-state index in [1.807, 2.05) is 54.6 Å². The van der Waals surface area contributed by atoms with Gasteiger partial charge in [0.15, 0.2) is 0 Å². The third-order valence-corrected chi connectivity index (χ3v) is 5.72. The molecule has 1 fully saturated rings. The third kappa shape index (κ3) is 3.54. The summed E-state index contributed by atoms with van der Waals surface area (Å²) < 4.78 is 0. The molecule has 2 aromatic carbocycles. The van der Waals surface area contributed by atoms with Gasteiger partial charge in [-0.2, -0.15) is 0 Å². The van der Waals surface area contributed by atoms with Crippen LogP contribution in [-0.4, -0.2) is 46.0 Å². The topological polar surface area (TPSA) is 107 Å². The van der Waals surface area contributed by atoms with Gasteiger partial charge in [0.1, 0.15) is 17.9 Å². The fourth-order valence-corrected chi connectivity index (χ4v) is 4.02. The molecule has 0 unspecified atom stereocenters. The standard InChI is InChI=1S/C23H22N2O5/c26-18-10-13-25(22(30)20(18)21(29)24-14-19(27)28)23(11-12-23)17-8-6-16(7-9-17)15-4-2-1-3-5-15/h1-9,26H,10-14H2,(H,24,29)(H,27,28). The van der Waals surface area contributed by atoms with E-state index in [0.717, 1.165) is 29.5 Å². The molecular weight excluding hydrogens is 384 g/mol. The van der Waals surface area contributed by atoms with Crippen molar-refractivity contribution in [3.05, 3.63) is 71.5 Å². The lowest BCUT2D eigenvalue weighted by atomic mass is 9.95. The lowest BCUT2D eigenvalue weighted by Crippen LogP contribution is -2.48. The van der Waals surface area contributed by atoms with Gasteiger partial charge in [0.05, 0.1) is 5.54 Å². The molecule has 7 nitrogen and oxygen atoms in total. The quantitative estimate of drug-likeness (QED) is 0.639. The first kappa shape index (κ1) is 19.7. The minimum absolute atomic E-state index is 0.158. The number of aliphatic hydroxyl groups excluding tert-OH is 1. The Balaban J connectivity index is 1.57. The minimum Gasteiger partial charge on any atom is -0.511 e.